The van der Waals surface area contributed by atoms with Crippen molar-refractivity contribution in [3.8, 4) is 11.3 Å². The van der Waals surface area contributed by atoms with Crippen molar-refractivity contribution < 1.29 is 44.3 Å². The highest BCUT2D eigenvalue weighted by Crippen LogP contribution is 2.33. The molecule has 0 unspecified atom stereocenters. The molecule has 0 fully saturated rings. The number of rotatable bonds is 8. The number of nitrogens with one attached hydrogen (secondary N) is 1. The van der Waals surface area contributed by atoms with Crippen molar-refractivity contribution in [2.24, 2.45) is 0 Å². The van der Waals surface area contributed by atoms with Gasteiger partial charge in [0.15, 0.2) is 11.5 Å². The molecule has 3 heterocycles. The van der Waals surface area contributed by atoms with Gasteiger partial charge >= 0.3 is 19.0 Å². The lowest BCUT2D eigenvalue weighted by atomic mass is 10.1. The van der Waals surface area contributed by atoms with E-state index in [9.17, 15) is 49.1 Å². The number of benzene rings is 1. The van der Waals surface area contributed by atoms with Gasteiger partial charge in [-0.3, -0.25) is 9.59 Å². The van der Waals surface area contributed by atoms with E-state index in [0.717, 1.165) is 18.5 Å². The van der Waals surface area contributed by atoms with E-state index in [0.29, 0.717) is 31.2 Å². The summed E-state index contributed by atoms with van der Waals surface area (Å²) in [5.74, 6) is -1.76. The van der Waals surface area contributed by atoms with E-state index in [1.54, 1.807) is 11.2 Å². The Labute approximate surface area is 240 Å². The van der Waals surface area contributed by atoms with Gasteiger partial charge in [0, 0.05) is 18.3 Å². The highest BCUT2D eigenvalue weighted by molar-refractivity contribution is 5.86. The number of hydrogen-bond donors (Lipinski definition) is 3. The Balaban J connectivity index is 0.000000369. The van der Waals surface area contributed by atoms with Crippen LogP contribution in [-0.4, -0.2) is 38.0 Å². The number of aryl methyl sites for hydroxylation is 1. The molecule has 0 saturated heterocycles. The molecule has 0 spiro atoms. The number of hydrogen-bond acceptors (Lipinski definition) is 8. The summed E-state index contributed by atoms with van der Waals surface area (Å²) in [6.07, 6.45) is -5.04. The number of alkyl halides is 8. The zero-order chi connectivity index (χ0) is 32.8. The molecule has 1 aromatic carbocycles. The van der Waals surface area contributed by atoms with Crippen LogP contribution in [0.5, 0.6) is 0 Å². The Morgan fingerprint density at radius 3 is 2.25 bits per heavy atom. The largest absolute Gasteiger partial charge is 0.437 e. The third-order valence-corrected chi connectivity index (χ3v) is 5.86. The van der Waals surface area contributed by atoms with Gasteiger partial charge < -0.3 is 20.8 Å². The van der Waals surface area contributed by atoms with Gasteiger partial charge in [0.1, 0.15) is 11.4 Å². The maximum Gasteiger partial charge on any atom is 0.437 e. The first-order valence-electron chi connectivity index (χ1n) is 12.3. The predicted octanol–water partition coefficient (Wildman–Crippen LogP) is 4.98. The Morgan fingerprint density at radius 1 is 0.977 bits per heavy atom. The Hall–Kier alpha value is -4.68. The van der Waals surface area contributed by atoms with E-state index in [1.165, 1.54) is 16.8 Å². The van der Waals surface area contributed by atoms with Gasteiger partial charge in [-0.15, -0.1) is 0 Å². The highest BCUT2D eigenvalue weighted by atomic mass is 19.4. The third-order valence-electron chi connectivity index (χ3n) is 5.86. The highest BCUT2D eigenvalue weighted by Gasteiger charge is 2.37. The molecule has 0 aliphatic rings. The number of H-pyrrole nitrogens is 1. The van der Waals surface area contributed by atoms with Crippen molar-refractivity contribution in [1.82, 2.24) is 24.7 Å². The number of unbranched alkanes of at least 4 members (excludes halogenated alkanes) is 2. The van der Waals surface area contributed by atoms with E-state index >= 15 is 0 Å². The van der Waals surface area contributed by atoms with Crippen LogP contribution < -0.4 is 22.6 Å². The lowest BCUT2D eigenvalue weighted by molar-refractivity contribution is -0.140. The Bertz CT molecular complexity index is 1720. The van der Waals surface area contributed by atoms with Gasteiger partial charge in [-0.1, -0.05) is 0 Å². The summed E-state index contributed by atoms with van der Waals surface area (Å²) in [5, 5.41) is 5.16. The number of nitrogens with two attached hydrogens (primary N) is 2. The predicted molar refractivity (Wildman–Crippen MR) is 139 cm³/mol. The van der Waals surface area contributed by atoms with Crippen LogP contribution in [0.4, 0.5) is 51.0 Å². The van der Waals surface area contributed by atoms with Gasteiger partial charge in [-0.05, 0) is 42.8 Å². The minimum Gasteiger partial charge on any atom is -0.397 e. The second-order valence-electron chi connectivity index (χ2n) is 8.94. The van der Waals surface area contributed by atoms with Crippen LogP contribution in [0.2, 0.25) is 0 Å². The van der Waals surface area contributed by atoms with Crippen molar-refractivity contribution in [3.05, 3.63) is 74.6 Å². The van der Waals surface area contributed by atoms with Crippen molar-refractivity contribution in [3.63, 3.8) is 0 Å². The second-order valence-corrected chi connectivity index (χ2v) is 8.94. The molecule has 0 aliphatic heterocycles. The summed E-state index contributed by atoms with van der Waals surface area (Å²) >= 11 is 0. The van der Waals surface area contributed by atoms with E-state index in [4.69, 9.17) is 11.5 Å². The summed E-state index contributed by atoms with van der Waals surface area (Å²) in [5.41, 5.74) is 4.64. The van der Waals surface area contributed by atoms with Gasteiger partial charge in [0.2, 0.25) is 0 Å². The molecule has 44 heavy (non-hydrogen) atoms. The molecule has 3 aromatic heterocycles. The monoisotopic (exact) mass is 639 g/mol. The number of nitrogens with zero attached hydrogens (tertiary/aromatic N) is 4. The van der Waals surface area contributed by atoms with Crippen LogP contribution >= 0.6 is 0 Å². The van der Waals surface area contributed by atoms with Crippen LogP contribution in [0, 0.1) is 5.82 Å². The molecule has 238 valence electrons. The van der Waals surface area contributed by atoms with Crippen LogP contribution in [0.3, 0.4) is 0 Å². The average molecular weight is 639 g/mol. The van der Waals surface area contributed by atoms with Gasteiger partial charge in [0.05, 0.1) is 35.8 Å². The molecular weight excluding hydrogens is 617 g/mol. The van der Waals surface area contributed by atoms with Crippen LogP contribution in [0.1, 0.15) is 30.5 Å². The number of nitrogen functional groups attached to an aromatic ring is 2. The van der Waals surface area contributed by atoms with Gasteiger partial charge in [0.25, 0.3) is 11.1 Å². The molecule has 0 amide bonds. The smallest absolute Gasteiger partial charge is 0.397 e. The van der Waals surface area contributed by atoms with Crippen molar-refractivity contribution >= 4 is 22.3 Å². The standard InChI is InChI=1S/C20H18F6N4O2.C5H4F3N3O/c21-14-9-12-11(4-6-30(18(12)31)5-2-1-3-7-32-19(22)23)8-13(14)15-10-28-16(17(27)29-15)20(24,25)26;6-5(7,8)3-2(9)1-10-11-4(3)12/h4,6,8-10,19H,1-3,5,7H2,(H2,27,29);1H,(H3,9,11,12). The van der Waals surface area contributed by atoms with Crippen LogP contribution in [0.15, 0.2) is 46.4 Å². The maximum absolute atomic E-state index is 14.7. The molecule has 0 bridgehead atoms. The lowest BCUT2D eigenvalue weighted by Gasteiger charge is -2.11. The molecule has 0 atom stereocenters. The fourth-order valence-corrected chi connectivity index (χ4v) is 3.87. The van der Waals surface area contributed by atoms with E-state index < -0.39 is 58.7 Å². The minimum atomic E-state index is -4.79. The SMILES string of the molecule is Nc1cn[nH]c(=O)c1C(F)(F)F.Nc1nc(-c2cc3ccn(CCCCCOC(F)F)c(=O)c3cc2F)cnc1C(F)(F)F. The summed E-state index contributed by atoms with van der Waals surface area (Å²) in [4.78, 5) is 30.1. The normalized spacial score (nSPS) is 12.0. The molecule has 0 aliphatic carbocycles. The number of aromatic nitrogens is 5. The molecule has 0 radical (unpaired) electrons. The number of aromatic amines is 1. The molecule has 10 nitrogen and oxygen atoms in total. The summed E-state index contributed by atoms with van der Waals surface area (Å²) in [6.45, 7) is -2.61. The van der Waals surface area contributed by atoms with E-state index in [1.807, 2.05) is 0 Å². The topological polar surface area (TPSA) is 155 Å². The molecule has 4 rings (SSSR count). The summed E-state index contributed by atoms with van der Waals surface area (Å²) < 4.78 is 118. The number of anilines is 2. The zero-order valence-electron chi connectivity index (χ0n) is 22.1. The van der Waals surface area contributed by atoms with Crippen LogP contribution in [-0.2, 0) is 23.6 Å². The summed E-state index contributed by atoms with van der Waals surface area (Å²) in [7, 11) is 0. The first-order valence-corrected chi connectivity index (χ1v) is 12.3. The zero-order valence-corrected chi connectivity index (χ0v) is 22.1. The molecular formula is C25H22F9N7O3. The van der Waals surface area contributed by atoms with Gasteiger partial charge in [-0.25, -0.2) is 19.5 Å². The fourth-order valence-electron chi connectivity index (χ4n) is 3.87. The van der Waals surface area contributed by atoms with E-state index in [2.05, 4.69) is 19.8 Å². The van der Waals surface area contributed by atoms with Crippen molar-refractivity contribution in [2.75, 3.05) is 18.1 Å². The third kappa shape index (κ3) is 8.45. The van der Waals surface area contributed by atoms with E-state index in [-0.39, 0.29) is 23.3 Å². The molecule has 19 heteroatoms. The molecule has 0 saturated carbocycles. The number of pyridine rings is 1. The van der Waals surface area contributed by atoms with Crippen molar-refractivity contribution in [1.29, 1.82) is 0 Å². The summed E-state index contributed by atoms with van der Waals surface area (Å²) in [6, 6.07) is 3.82. The quantitative estimate of drug-likeness (QED) is 0.180. The Kier molecular flexibility index (Phi) is 10.6. The first kappa shape index (κ1) is 33.8. The first-order chi connectivity index (χ1) is 20.5. The maximum atomic E-state index is 14.7. The Morgan fingerprint density at radius 2 is 1.68 bits per heavy atom. The fraction of sp³-hybridized carbons (Fsp3) is 0.320. The number of ether oxygens (including phenoxy) is 1. The van der Waals surface area contributed by atoms with Crippen LogP contribution in [0.25, 0.3) is 22.0 Å². The molecule has 5 N–H and O–H groups in total. The average Bonchev–Trinajstić information content (AvgIpc) is 2.90. The number of halogens is 9. The number of fused-ring (bicyclic) bond motifs is 1. The van der Waals surface area contributed by atoms with Gasteiger partial charge in [-0.2, -0.15) is 40.2 Å². The minimum absolute atomic E-state index is 0.0719. The lowest BCUT2D eigenvalue weighted by Crippen LogP contribution is -2.24. The van der Waals surface area contributed by atoms with Crippen molar-refractivity contribution in [2.45, 2.75) is 44.8 Å². The molecule has 4 aromatic rings. The second kappa shape index (κ2) is 13.7.